The van der Waals surface area contributed by atoms with Crippen molar-refractivity contribution in [3.63, 3.8) is 0 Å². The second-order valence-electron chi connectivity index (χ2n) is 3.00. The average Bonchev–Trinajstić information content (AvgIpc) is 2.18. The van der Waals surface area contributed by atoms with Gasteiger partial charge in [0.05, 0.1) is 4.92 Å². The van der Waals surface area contributed by atoms with Gasteiger partial charge in [-0.1, -0.05) is 19.1 Å². The molecule has 0 aromatic heterocycles. The summed E-state index contributed by atoms with van der Waals surface area (Å²) < 4.78 is 0. The van der Waals surface area contributed by atoms with Gasteiger partial charge in [-0.2, -0.15) is 0 Å². The molecule has 0 saturated carbocycles. The fraction of sp³-hybridized carbons (Fsp3) is 0.300. The Bertz CT molecular complexity index is 360. The molecular weight excluding hydrogens is 182 g/mol. The highest BCUT2D eigenvalue weighted by atomic mass is 16.6. The Morgan fingerprint density at radius 1 is 1.50 bits per heavy atom. The maximum atomic E-state index is 11.1. The zero-order valence-corrected chi connectivity index (χ0v) is 7.90. The minimum absolute atomic E-state index is 0.0337. The first-order chi connectivity index (χ1) is 6.63. The smallest absolute Gasteiger partial charge is 0.269 e. The average molecular weight is 193 g/mol. The number of nitro benzene ring substituents is 1. The van der Waals surface area contributed by atoms with E-state index in [1.54, 1.807) is 19.1 Å². The molecule has 1 aromatic rings. The molecule has 0 aliphatic carbocycles. The molecule has 14 heavy (non-hydrogen) atoms. The zero-order valence-electron chi connectivity index (χ0n) is 7.90. The molecule has 0 aliphatic rings. The van der Waals surface area contributed by atoms with Crippen LogP contribution < -0.4 is 0 Å². The fourth-order valence-corrected chi connectivity index (χ4v) is 1.13. The lowest BCUT2D eigenvalue weighted by molar-refractivity contribution is -0.384. The van der Waals surface area contributed by atoms with Crippen LogP contribution in [-0.4, -0.2) is 10.7 Å². The predicted molar refractivity (Wildman–Crippen MR) is 52.1 cm³/mol. The number of carbonyl (C=O) groups is 1. The second kappa shape index (κ2) is 4.50. The number of benzene rings is 1. The molecule has 0 saturated heterocycles. The summed E-state index contributed by atoms with van der Waals surface area (Å²) in [5, 5.41) is 10.4. The van der Waals surface area contributed by atoms with Crippen LogP contribution in [0.15, 0.2) is 24.3 Å². The molecule has 0 heterocycles. The van der Waals surface area contributed by atoms with Crippen molar-refractivity contribution in [2.45, 2.75) is 19.8 Å². The van der Waals surface area contributed by atoms with Crippen LogP contribution in [-0.2, 0) is 11.2 Å². The van der Waals surface area contributed by atoms with Crippen molar-refractivity contribution in [1.29, 1.82) is 0 Å². The highest BCUT2D eigenvalue weighted by molar-refractivity contribution is 5.80. The summed E-state index contributed by atoms with van der Waals surface area (Å²) in [6.07, 6.45) is 0.737. The molecule has 1 aromatic carbocycles. The summed E-state index contributed by atoms with van der Waals surface area (Å²) >= 11 is 0. The molecule has 74 valence electrons. The first-order valence-corrected chi connectivity index (χ1v) is 4.38. The third kappa shape index (κ3) is 2.65. The quantitative estimate of drug-likeness (QED) is 0.543. The van der Waals surface area contributed by atoms with Crippen molar-refractivity contribution in [3.05, 3.63) is 39.9 Å². The lowest BCUT2D eigenvalue weighted by atomic mass is 10.1. The molecule has 0 amide bonds. The van der Waals surface area contributed by atoms with Crippen molar-refractivity contribution >= 4 is 11.5 Å². The summed E-state index contributed by atoms with van der Waals surface area (Å²) in [5.41, 5.74) is 0.734. The van der Waals surface area contributed by atoms with Crippen LogP contribution in [0.25, 0.3) is 0 Å². The number of carbonyl (C=O) groups excluding carboxylic acids is 1. The van der Waals surface area contributed by atoms with Gasteiger partial charge in [0.25, 0.3) is 5.69 Å². The normalized spacial score (nSPS) is 9.79. The summed E-state index contributed by atoms with van der Waals surface area (Å²) in [6, 6.07) is 6.17. The second-order valence-corrected chi connectivity index (χ2v) is 3.00. The predicted octanol–water partition coefficient (Wildman–Crippen LogP) is 2.12. The van der Waals surface area contributed by atoms with Gasteiger partial charge in [0.1, 0.15) is 5.78 Å². The molecule has 0 N–H and O–H groups in total. The van der Waals surface area contributed by atoms with Crippen molar-refractivity contribution in [3.8, 4) is 0 Å². The molecule has 0 aliphatic heterocycles. The lowest BCUT2D eigenvalue weighted by Gasteiger charge is -1.98. The minimum Gasteiger partial charge on any atom is -0.299 e. The van der Waals surface area contributed by atoms with Crippen LogP contribution in [0, 0.1) is 10.1 Å². The van der Waals surface area contributed by atoms with E-state index in [0.717, 1.165) is 0 Å². The summed E-state index contributed by atoms with van der Waals surface area (Å²) in [7, 11) is 0. The number of nitro groups is 1. The highest BCUT2D eigenvalue weighted by Gasteiger charge is 2.07. The monoisotopic (exact) mass is 193 g/mol. The molecule has 0 spiro atoms. The van der Waals surface area contributed by atoms with E-state index < -0.39 is 4.92 Å². The van der Waals surface area contributed by atoms with Crippen LogP contribution in [0.5, 0.6) is 0 Å². The van der Waals surface area contributed by atoms with Crippen molar-refractivity contribution < 1.29 is 9.72 Å². The van der Waals surface area contributed by atoms with Gasteiger partial charge >= 0.3 is 0 Å². The Morgan fingerprint density at radius 3 is 2.79 bits per heavy atom. The van der Waals surface area contributed by atoms with Crippen molar-refractivity contribution in [1.82, 2.24) is 0 Å². The van der Waals surface area contributed by atoms with Crippen LogP contribution in [0.1, 0.15) is 18.9 Å². The van der Waals surface area contributed by atoms with Gasteiger partial charge in [-0.25, -0.2) is 0 Å². The van der Waals surface area contributed by atoms with E-state index in [9.17, 15) is 14.9 Å². The van der Waals surface area contributed by atoms with Crippen molar-refractivity contribution in [2.24, 2.45) is 0 Å². The highest BCUT2D eigenvalue weighted by Crippen LogP contribution is 2.13. The van der Waals surface area contributed by atoms with E-state index in [0.29, 0.717) is 12.0 Å². The summed E-state index contributed by atoms with van der Waals surface area (Å²) in [5.74, 6) is 0.0884. The number of rotatable bonds is 4. The van der Waals surface area contributed by atoms with Crippen LogP contribution >= 0.6 is 0 Å². The first kappa shape index (κ1) is 10.4. The topological polar surface area (TPSA) is 60.2 Å². The maximum Gasteiger partial charge on any atom is 0.269 e. The lowest BCUT2D eigenvalue weighted by Crippen LogP contribution is -2.00. The fourth-order valence-electron chi connectivity index (χ4n) is 1.13. The van der Waals surface area contributed by atoms with Crippen LogP contribution in [0.4, 0.5) is 5.69 Å². The number of Topliss-reactive ketones (excluding diaryl/α,β-unsaturated/α-hetero) is 1. The van der Waals surface area contributed by atoms with E-state index in [4.69, 9.17) is 0 Å². The van der Waals surface area contributed by atoms with Gasteiger partial charge in [0, 0.05) is 25.0 Å². The SMILES string of the molecule is CCC(=O)Cc1cccc([N+](=O)[O-])c1. The minimum atomic E-state index is -0.458. The summed E-state index contributed by atoms with van der Waals surface area (Å²) in [6.45, 7) is 1.78. The standard InChI is InChI=1S/C10H11NO3/c1-2-10(12)7-8-4-3-5-9(6-8)11(13)14/h3-6H,2,7H2,1H3. The third-order valence-corrected chi connectivity index (χ3v) is 1.92. The van der Waals surface area contributed by atoms with Gasteiger partial charge in [-0.05, 0) is 5.56 Å². The molecule has 4 heteroatoms. The number of hydrogen-bond donors (Lipinski definition) is 0. The number of ketones is 1. The maximum absolute atomic E-state index is 11.1. The molecule has 0 bridgehead atoms. The van der Waals surface area contributed by atoms with E-state index in [-0.39, 0.29) is 17.9 Å². The number of non-ortho nitro benzene ring substituents is 1. The van der Waals surface area contributed by atoms with Crippen LogP contribution in [0.3, 0.4) is 0 Å². The van der Waals surface area contributed by atoms with E-state index >= 15 is 0 Å². The van der Waals surface area contributed by atoms with E-state index in [2.05, 4.69) is 0 Å². The Morgan fingerprint density at radius 2 is 2.21 bits per heavy atom. The number of nitrogens with zero attached hydrogens (tertiary/aromatic N) is 1. The third-order valence-electron chi connectivity index (χ3n) is 1.92. The molecule has 1 rings (SSSR count). The van der Waals surface area contributed by atoms with E-state index in [1.807, 2.05) is 0 Å². The summed E-state index contributed by atoms with van der Waals surface area (Å²) in [4.78, 5) is 21.1. The molecule has 0 fully saturated rings. The molecule has 0 unspecified atom stereocenters. The largest absolute Gasteiger partial charge is 0.299 e. The zero-order chi connectivity index (χ0) is 10.6. The Labute approximate surface area is 81.7 Å². The Balaban J connectivity index is 2.83. The molecular formula is C10H11NO3. The van der Waals surface area contributed by atoms with Crippen molar-refractivity contribution in [2.75, 3.05) is 0 Å². The van der Waals surface area contributed by atoms with Gasteiger partial charge in [-0.15, -0.1) is 0 Å². The Kier molecular flexibility index (Phi) is 3.34. The van der Waals surface area contributed by atoms with Gasteiger partial charge in [0.2, 0.25) is 0 Å². The molecule has 0 atom stereocenters. The van der Waals surface area contributed by atoms with E-state index in [1.165, 1.54) is 12.1 Å². The van der Waals surface area contributed by atoms with Gasteiger partial charge < -0.3 is 0 Å². The Hall–Kier alpha value is -1.71. The van der Waals surface area contributed by atoms with Gasteiger partial charge in [0.15, 0.2) is 0 Å². The van der Waals surface area contributed by atoms with Gasteiger partial charge in [-0.3, -0.25) is 14.9 Å². The molecule has 0 radical (unpaired) electrons. The molecule has 4 nitrogen and oxygen atoms in total. The van der Waals surface area contributed by atoms with Crippen LogP contribution in [0.2, 0.25) is 0 Å². The first-order valence-electron chi connectivity index (χ1n) is 4.38. The number of hydrogen-bond acceptors (Lipinski definition) is 3.